The lowest BCUT2D eigenvalue weighted by Crippen LogP contribution is -2.29. The van der Waals surface area contributed by atoms with E-state index >= 15 is 0 Å². The molecule has 4 rings (SSSR count). The second-order valence-corrected chi connectivity index (χ2v) is 7.31. The molecule has 2 unspecified atom stereocenters. The summed E-state index contributed by atoms with van der Waals surface area (Å²) in [5.41, 5.74) is 3.33. The molecule has 1 aromatic heterocycles. The smallest absolute Gasteiger partial charge is 0.252 e. The Labute approximate surface area is 154 Å². The zero-order chi connectivity index (χ0) is 18.1. The van der Waals surface area contributed by atoms with Crippen LogP contribution < -0.4 is 10.1 Å². The Kier molecular flexibility index (Phi) is 4.64. The molecule has 1 saturated carbocycles. The summed E-state index contributed by atoms with van der Waals surface area (Å²) in [4.78, 5) is 18.5. The minimum Gasteiger partial charge on any atom is -0.439 e. The number of pyridine rings is 1. The largest absolute Gasteiger partial charge is 0.439 e. The third kappa shape index (κ3) is 3.58. The highest BCUT2D eigenvalue weighted by Crippen LogP contribution is 2.36. The number of amides is 1. The molecule has 0 spiro atoms. The van der Waals surface area contributed by atoms with Crippen molar-refractivity contribution in [3.05, 3.63) is 53.2 Å². The highest BCUT2D eigenvalue weighted by atomic mass is 16.5. The number of carbonyl (C=O) groups excluding carboxylic acids is 1. The maximum Gasteiger partial charge on any atom is 0.252 e. The molecule has 0 saturated heterocycles. The first kappa shape index (κ1) is 17.0. The summed E-state index contributed by atoms with van der Waals surface area (Å²) in [6, 6.07) is 10.6. The van der Waals surface area contributed by atoms with Crippen LogP contribution in [-0.2, 0) is 12.8 Å². The van der Waals surface area contributed by atoms with Crippen molar-refractivity contribution in [1.29, 1.82) is 0 Å². The number of carbonyl (C=O) groups is 1. The Morgan fingerprint density at radius 3 is 2.62 bits per heavy atom. The van der Waals surface area contributed by atoms with Gasteiger partial charge in [-0.15, -0.1) is 0 Å². The molecule has 5 heteroatoms. The van der Waals surface area contributed by atoms with Crippen LogP contribution in [0.3, 0.4) is 0 Å². The molecule has 5 nitrogen and oxygen atoms in total. The average molecular weight is 351 g/mol. The zero-order valence-corrected chi connectivity index (χ0v) is 15.4. The minimum atomic E-state index is -0.149. The van der Waals surface area contributed by atoms with E-state index in [1.54, 1.807) is 19.2 Å². The molecule has 1 aromatic carbocycles. The highest BCUT2D eigenvalue weighted by Gasteiger charge is 2.38. The molecule has 2 heterocycles. The number of aromatic nitrogens is 1. The van der Waals surface area contributed by atoms with E-state index in [-0.39, 0.29) is 5.91 Å². The lowest BCUT2D eigenvalue weighted by Gasteiger charge is -2.19. The quantitative estimate of drug-likeness (QED) is 0.920. The number of rotatable bonds is 4. The van der Waals surface area contributed by atoms with Crippen LogP contribution in [0.5, 0.6) is 11.6 Å². The summed E-state index contributed by atoms with van der Waals surface area (Å²) in [6.07, 6.45) is 5.06. The molecule has 136 valence electrons. The number of hydrogen-bond donors (Lipinski definition) is 1. The van der Waals surface area contributed by atoms with Crippen LogP contribution in [0.25, 0.3) is 0 Å². The first-order valence-corrected chi connectivity index (χ1v) is 9.36. The van der Waals surface area contributed by atoms with Gasteiger partial charge in [-0.2, -0.15) is 0 Å². The van der Waals surface area contributed by atoms with Crippen molar-refractivity contribution >= 4 is 5.91 Å². The fourth-order valence-electron chi connectivity index (χ4n) is 3.77. The van der Waals surface area contributed by atoms with Crippen molar-refractivity contribution in [2.45, 2.75) is 32.2 Å². The van der Waals surface area contributed by atoms with Crippen LogP contribution in [0.4, 0.5) is 0 Å². The maximum absolute atomic E-state index is 11.6. The van der Waals surface area contributed by atoms with Crippen molar-refractivity contribution in [2.24, 2.45) is 5.92 Å². The van der Waals surface area contributed by atoms with Crippen LogP contribution in [-0.4, -0.2) is 42.0 Å². The molecule has 0 bridgehead atoms. The second kappa shape index (κ2) is 7.08. The Balaban J connectivity index is 1.44. The van der Waals surface area contributed by atoms with Crippen LogP contribution in [0, 0.1) is 5.92 Å². The molecule has 2 atom stereocenters. The number of nitrogens with zero attached hydrogens (tertiary/aromatic N) is 2. The highest BCUT2D eigenvalue weighted by molar-refractivity contribution is 5.93. The van der Waals surface area contributed by atoms with Gasteiger partial charge in [-0.1, -0.05) is 13.0 Å². The third-order valence-corrected chi connectivity index (χ3v) is 5.50. The van der Waals surface area contributed by atoms with E-state index in [1.807, 2.05) is 6.07 Å². The molecular formula is C21H25N3O2. The van der Waals surface area contributed by atoms with Crippen molar-refractivity contribution in [3.8, 4) is 11.6 Å². The van der Waals surface area contributed by atoms with E-state index in [4.69, 9.17) is 4.74 Å². The van der Waals surface area contributed by atoms with Gasteiger partial charge >= 0.3 is 0 Å². The van der Waals surface area contributed by atoms with Crippen molar-refractivity contribution in [3.63, 3.8) is 0 Å². The number of nitrogens with one attached hydrogen (secondary N) is 1. The monoisotopic (exact) mass is 351 g/mol. The SMILES string of the molecule is CNC(=O)c1ccc(Oc2ccc3c(c2)CCN(C2CC2C)CC3)nc1. The van der Waals surface area contributed by atoms with Crippen molar-refractivity contribution < 1.29 is 9.53 Å². The molecule has 1 amide bonds. The van der Waals surface area contributed by atoms with Gasteiger partial charge in [0.1, 0.15) is 5.75 Å². The zero-order valence-electron chi connectivity index (χ0n) is 15.4. The summed E-state index contributed by atoms with van der Waals surface area (Å²) < 4.78 is 5.90. The van der Waals surface area contributed by atoms with Gasteiger partial charge in [-0.25, -0.2) is 4.98 Å². The Hall–Kier alpha value is -2.40. The Bertz CT molecular complexity index is 803. The van der Waals surface area contributed by atoms with E-state index in [9.17, 15) is 4.79 Å². The van der Waals surface area contributed by atoms with Gasteiger partial charge in [-0.05, 0) is 54.5 Å². The second-order valence-electron chi connectivity index (χ2n) is 7.31. The molecule has 26 heavy (non-hydrogen) atoms. The first-order valence-electron chi connectivity index (χ1n) is 9.36. The molecular weight excluding hydrogens is 326 g/mol. The first-order chi connectivity index (χ1) is 12.6. The molecule has 2 aromatic rings. The summed E-state index contributed by atoms with van der Waals surface area (Å²) in [7, 11) is 1.60. The maximum atomic E-state index is 11.6. The molecule has 0 radical (unpaired) electrons. The topological polar surface area (TPSA) is 54.5 Å². The van der Waals surface area contributed by atoms with E-state index in [2.05, 4.69) is 34.3 Å². The van der Waals surface area contributed by atoms with Gasteiger partial charge in [0, 0.05) is 38.4 Å². The Morgan fingerprint density at radius 1 is 1.19 bits per heavy atom. The van der Waals surface area contributed by atoms with Gasteiger partial charge < -0.3 is 10.1 Å². The van der Waals surface area contributed by atoms with Crippen LogP contribution in [0.15, 0.2) is 36.5 Å². The number of hydrogen-bond acceptors (Lipinski definition) is 4. The van der Waals surface area contributed by atoms with E-state index < -0.39 is 0 Å². The van der Waals surface area contributed by atoms with Crippen LogP contribution in [0.2, 0.25) is 0 Å². The van der Waals surface area contributed by atoms with Gasteiger partial charge in [0.2, 0.25) is 5.88 Å². The normalized spacial score (nSPS) is 22.2. The lowest BCUT2D eigenvalue weighted by atomic mass is 10.0. The molecule has 2 aliphatic rings. The van der Waals surface area contributed by atoms with Gasteiger partial charge in [0.05, 0.1) is 5.56 Å². The van der Waals surface area contributed by atoms with Crippen LogP contribution in [0.1, 0.15) is 34.8 Å². The summed E-state index contributed by atoms with van der Waals surface area (Å²) in [5.74, 6) is 2.01. The van der Waals surface area contributed by atoms with Gasteiger partial charge in [-0.3, -0.25) is 9.69 Å². The molecule has 1 fully saturated rings. The van der Waals surface area contributed by atoms with Gasteiger partial charge in [0.15, 0.2) is 0 Å². The predicted octanol–water partition coefficient (Wildman–Crippen LogP) is 3.04. The number of ether oxygens (including phenoxy) is 1. The average Bonchev–Trinajstić information content (AvgIpc) is 3.42. The van der Waals surface area contributed by atoms with Crippen molar-refractivity contribution in [1.82, 2.24) is 15.2 Å². The predicted molar refractivity (Wildman–Crippen MR) is 101 cm³/mol. The molecule has 1 aliphatic heterocycles. The summed E-state index contributed by atoms with van der Waals surface area (Å²) >= 11 is 0. The van der Waals surface area contributed by atoms with E-state index in [0.29, 0.717) is 11.4 Å². The third-order valence-electron chi connectivity index (χ3n) is 5.50. The molecule has 1 aliphatic carbocycles. The van der Waals surface area contributed by atoms with E-state index in [1.165, 1.54) is 23.7 Å². The van der Waals surface area contributed by atoms with E-state index in [0.717, 1.165) is 43.6 Å². The van der Waals surface area contributed by atoms with Gasteiger partial charge in [0.25, 0.3) is 5.91 Å². The van der Waals surface area contributed by atoms with Crippen molar-refractivity contribution in [2.75, 3.05) is 20.1 Å². The number of benzene rings is 1. The fraction of sp³-hybridized carbons (Fsp3) is 0.429. The Morgan fingerprint density at radius 2 is 1.96 bits per heavy atom. The standard InChI is InChI=1S/C21H25N3O2/c1-14-11-19(14)24-9-7-15-3-5-18(12-16(15)8-10-24)26-20-6-4-17(13-23-20)21(25)22-2/h3-6,12-14,19H,7-11H2,1-2H3,(H,22,25). The van der Waals surface area contributed by atoms with Crippen LogP contribution >= 0.6 is 0 Å². The number of fused-ring (bicyclic) bond motifs is 1. The minimum absolute atomic E-state index is 0.149. The fourth-order valence-corrected chi connectivity index (χ4v) is 3.77. The lowest BCUT2D eigenvalue weighted by molar-refractivity contribution is 0.0962. The summed E-state index contributed by atoms with van der Waals surface area (Å²) in [6.45, 7) is 4.63. The molecule has 1 N–H and O–H groups in total. The summed E-state index contributed by atoms with van der Waals surface area (Å²) in [5, 5.41) is 2.59.